The largest absolute Gasteiger partial charge is 0.396 e. The van der Waals surface area contributed by atoms with E-state index in [2.05, 4.69) is 25.7 Å². The number of amides is 1. The maximum absolute atomic E-state index is 11.5. The van der Waals surface area contributed by atoms with E-state index in [0.29, 0.717) is 16.0 Å². The number of nitrogens with two attached hydrogens (primary N) is 2. The molecule has 1 fully saturated rings. The van der Waals surface area contributed by atoms with E-state index in [-0.39, 0.29) is 0 Å². The van der Waals surface area contributed by atoms with E-state index in [9.17, 15) is 4.79 Å². The van der Waals surface area contributed by atoms with Crippen molar-refractivity contribution in [2.24, 2.45) is 17.1 Å². The van der Waals surface area contributed by atoms with Crippen molar-refractivity contribution in [2.45, 2.75) is 38.5 Å². The Hall–Kier alpha value is -0.880. The zero-order chi connectivity index (χ0) is 15.8. The molecule has 1 amide bonds. The first-order valence-electron chi connectivity index (χ1n) is 7.26. The first-order chi connectivity index (χ1) is 9.75. The topological polar surface area (TPSA) is 72.3 Å². The zero-order valence-electron chi connectivity index (χ0n) is 13.2. The minimum atomic E-state index is -0.427. The molecule has 1 aliphatic rings. The monoisotopic (exact) mass is 327 g/mol. The lowest BCUT2D eigenvalue weighted by Gasteiger charge is -2.39. The predicted molar refractivity (Wildman–Crippen MR) is 93.4 cm³/mol. The molecule has 0 unspecified atom stereocenters. The molecule has 4 N–H and O–H groups in total. The maximum atomic E-state index is 11.5. The van der Waals surface area contributed by atoms with Gasteiger partial charge in [0, 0.05) is 13.1 Å². The molecule has 0 bridgehead atoms. The summed E-state index contributed by atoms with van der Waals surface area (Å²) in [6.45, 7) is 8.99. The van der Waals surface area contributed by atoms with Crippen molar-refractivity contribution in [2.75, 3.05) is 30.0 Å². The number of thiophene rings is 1. The summed E-state index contributed by atoms with van der Waals surface area (Å²) >= 11 is 3.04. The molecular weight excluding hydrogens is 302 g/mol. The third kappa shape index (κ3) is 3.31. The van der Waals surface area contributed by atoms with Crippen molar-refractivity contribution >= 4 is 39.7 Å². The van der Waals surface area contributed by atoms with Crippen molar-refractivity contribution in [3.8, 4) is 0 Å². The number of nitrogen functional groups attached to an aromatic ring is 1. The highest BCUT2D eigenvalue weighted by Gasteiger charge is 2.31. The summed E-state index contributed by atoms with van der Waals surface area (Å²) in [5.74, 6) is 0.322. The number of hydrogen-bond acceptors (Lipinski definition) is 5. The van der Waals surface area contributed by atoms with Crippen molar-refractivity contribution in [1.82, 2.24) is 0 Å². The number of carbonyl (C=O) groups is 1. The molecule has 2 rings (SSSR count). The summed E-state index contributed by atoms with van der Waals surface area (Å²) in [7, 11) is 0. The Bertz CT molecular complexity index is 526. The van der Waals surface area contributed by atoms with Crippen LogP contribution < -0.4 is 16.4 Å². The third-order valence-corrected chi connectivity index (χ3v) is 6.55. The Morgan fingerprint density at radius 2 is 1.90 bits per heavy atom. The van der Waals surface area contributed by atoms with Gasteiger partial charge in [-0.25, -0.2) is 0 Å². The fourth-order valence-electron chi connectivity index (χ4n) is 2.95. The number of anilines is 2. The van der Waals surface area contributed by atoms with Gasteiger partial charge in [0.15, 0.2) is 0 Å². The molecule has 0 radical (unpaired) electrons. The van der Waals surface area contributed by atoms with Crippen LogP contribution in [0.2, 0.25) is 0 Å². The molecule has 0 atom stereocenters. The number of piperidine rings is 1. The van der Waals surface area contributed by atoms with Gasteiger partial charge >= 0.3 is 0 Å². The minimum Gasteiger partial charge on any atom is -0.396 e. The summed E-state index contributed by atoms with van der Waals surface area (Å²) < 4.78 is 0. The molecule has 1 aromatic heterocycles. The SMILES string of the molecule is CSc1c(N2CCC(C(C)(C)C)CC2)sc(C(N)=O)c1N. The molecule has 6 heteroatoms. The van der Waals surface area contributed by atoms with Crippen LogP contribution in [0.25, 0.3) is 0 Å². The second-order valence-corrected chi connectivity index (χ2v) is 8.49. The zero-order valence-corrected chi connectivity index (χ0v) is 14.9. The van der Waals surface area contributed by atoms with E-state index in [0.717, 1.165) is 28.9 Å². The molecule has 2 heterocycles. The van der Waals surface area contributed by atoms with Gasteiger partial charge in [-0.15, -0.1) is 23.1 Å². The quantitative estimate of drug-likeness (QED) is 0.835. The molecule has 4 nitrogen and oxygen atoms in total. The van der Waals surface area contributed by atoms with Crippen LogP contribution >= 0.6 is 23.1 Å². The number of primary amides is 1. The molecule has 1 aliphatic heterocycles. The maximum Gasteiger partial charge on any atom is 0.261 e. The van der Waals surface area contributed by atoms with Gasteiger partial charge in [0.25, 0.3) is 5.91 Å². The average Bonchev–Trinajstić information content (AvgIpc) is 2.75. The minimum absolute atomic E-state index is 0.362. The van der Waals surface area contributed by atoms with Gasteiger partial charge < -0.3 is 16.4 Å². The van der Waals surface area contributed by atoms with Crippen molar-refractivity contribution in [3.63, 3.8) is 0 Å². The van der Waals surface area contributed by atoms with E-state index < -0.39 is 5.91 Å². The molecule has 1 saturated heterocycles. The summed E-state index contributed by atoms with van der Waals surface area (Å²) in [6.07, 6.45) is 4.36. The predicted octanol–water partition coefficient (Wildman–Crippen LogP) is 3.41. The summed E-state index contributed by atoms with van der Waals surface area (Å²) in [5.41, 5.74) is 12.4. The molecule has 118 valence electrons. The van der Waals surface area contributed by atoms with Gasteiger partial charge in [0.1, 0.15) is 9.88 Å². The highest BCUT2D eigenvalue weighted by atomic mass is 32.2. The summed E-state index contributed by atoms with van der Waals surface area (Å²) in [5, 5.41) is 1.11. The number of carbonyl (C=O) groups excluding carboxylic acids is 1. The lowest BCUT2D eigenvalue weighted by molar-refractivity contribution is 0.100. The highest BCUT2D eigenvalue weighted by Crippen LogP contribution is 2.45. The Kier molecular flexibility index (Phi) is 4.78. The second kappa shape index (κ2) is 6.08. The van der Waals surface area contributed by atoms with Crippen LogP contribution in [0.4, 0.5) is 10.7 Å². The van der Waals surface area contributed by atoms with E-state index in [1.54, 1.807) is 11.8 Å². The van der Waals surface area contributed by atoms with Gasteiger partial charge in [-0.2, -0.15) is 0 Å². The number of thioether (sulfide) groups is 1. The summed E-state index contributed by atoms with van der Waals surface area (Å²) in [4.78, 5) is 15.4. The van der Waals surface area contributed by atoms with Crippen molar-refractivity contribution in [1.29, 1.82) is 0 Å². The Balaban J connectivity index is 2.21. The van der Waals surface area contributed by atoms with Crippen LogP contribution in [-0.2, 0) is 0 Å². The lowest BCUT2D eigenvalue weighted by Crippen LogP contribution is -2.37. The molecule has 0 spiro atoms. The van der Waals surface area contributed by atoms with Crippen LogP contribution in [0.1, 0.15) is 43.3 Å². The van der Waals surface area contributed by atoms with Crippen LogP contribution in [0.3, 0.4) is 0 Å². The fraction of sp³-hybridized carbons (Fsp3) is 0.667. The van der Waals surface area contributed by atoms with Crippen molar-refractivity contribution < 1.29 is 4.79 Å². The van der Waals surface area contributed by atoms with Gasteiger partial charge in [-0.3, -0.25) is 4.79 Å². The van der Waals surface area contributed by atoms with Crippen LogP contribution in [0.15, 0.2) is 4.90 Å². The normalized spacial score (nSPS) is 17.2. The van der Waals surface area contributed by atoms with Gasteiger partial charge in [-0.05, 0) is 30.4 Å². The Morgan fingerprint density at radius 3 is 2.33 bits per heavy atom. The van der Waals surface area contributed by atoms with E-state index in [1.165, 1.54) is 24.2 Å². The van der Waals surface area contributed by atoms with Crippen LogP contribution in [0.5, 0.6) is 0 Å². The van der Waals surface area contributed by atoms with Gasteiger partial charge in [-0.1, -0.05) is 20.8 Å². The fourth-order valence-corrected chi connectivity index (χ4v) is 5.04. The Morgan fingerprint density at radius 1 is 1.33 bits per heavy atom. The van der Waals surface area contributed by atoms with E-state index >= 15 is 0 Å². The standard InChI is InChI=1S/C15H25N3OS2/c1-15(2,3)9-5-7-18(8-6-9)14-12(20-4)10(16)11(21-14)13(17)19/h9H,5-8,16H2,1-4H3,(H2,17,19). The second-order valence-electron chi connectivity index (χ2n) is 6.67. The molecule has 0 aromatic carbocycles. The number of rotatable bonds is 3. The first kappa shape index (κ1) is 16.5. The molecule has 0 aliphatic carbocycles. The highest BCUT2D eigenvalue weighted by molar-refractivity contribution is 7.99. The van der Waals surface area contributed by atoms with Crippen molar-refractivity contribution in [3.05, 3.63) is 4.88 Å². The van der Waals surface area contributed by atoms with E-state index in [1.807, 2.05) is 6.26 Å². The molecule has 21 heavy (non-hydrogen) atoms. The average molecular weight is 328 g/mol. The summed E-state index contributed by atoms with van der Waals surface area (Å²) in [6, 6.07) is 0. The first-order valence-corrected chi connectivity index (χ1v) is 9.30. The molecular formula is C15H25N3OS2. The Labute approximate surface area is 135 Å². The third-order valence-electron chi connectivity index (χ3n) is 4.32. The van der Waals surface area contributed by atoms with E-state index in [4.69, 9.17) is 11.5 Å². The molecule has 1 aromatic rings. The van der Waals surface area contributed by atoms with Gasteiger partial charge in [0.2, 0.25) is 0 Å². The van der Waals surface area contributed by atoms with Crippen LogP contribution in [0, 0.1) is 11.3 Å². The van der Waals surface area contributed by atoms with Gasteiger partial charge in [0.05, 0.1) is 10.6 Å². The number of hydrogen-bond donors (Lipinski definition) is 2. The smallest absolute Gasteiger partial charge is 0.261 e. The molecule has 0 saturated carbocycles. The lowest BCUT2D eigenvalue weighted by atomic mass is 9.75. The van der Waals surface area contributed by atoms with Crippen LogP contribution in [-0.4, -0.2) is 25.3 Å². The number of nitrogens with zero attached hydrogens (tertiary/aromatic N) is 1.